The summed E-state index contributed by atoms with van der Waals surface area (Å²) in [6.45, 7) is 5.17. The van der Waals surface area contributed by atoms with Crippen LogP contribution < -0.4 is 0 Å². The lowest BCUT2D eigenvalue weighted by Crippen LogP contribution is -2.56. The topological polar surface area (TPSA) is 70.1 Å². The third kappa shape index (κ3) is 3.25. The summed E-state index contributed by atoms with van der Waals surface area (Å²) in [4.78, 5) is 27.3. The molecule has 1 N–H and O–H groups in total. The number of piperidine rings is 1. The van der Waals surface area contributed by atoms with E-state index in [2.05, 4.69) is 4.90 Å². The minimum atomic E-state index is -0.887. The smallest absolute Gasteiger partial charge is 0.326 e. The molecule has 2 aliphatic heterocycles. The van der Waals surface area contributed by atoms with Crippen LogP contribution in [-0.2, 0) is 14.3 Å². The van der Waals surface area contributed by atoms with Gasteiger partial charge in [0.05, 0.1) is 19.3 Å². The number of hydrogen-bond donors (Lipinski definition) is 1. The van der Waals surface area contributed by atoms with Gasteiger partial charge in [0, 0.05) is 19.6 Å². The largest absolute Gasteiger partial charge is 0.480 e. The summed E-state index contributed by atoms with van der Waals surface area (Å²) in [5.74, 6) is -0.948. The molecule has 2 atom stereocenters. The second-order valence-corrected chi connectivity index (χ2v) is 5.21. The maximum absolute atomic E-state index is 12.5. The molecule has 2 aliphatic rings. The zero-order chi connectivity index (χ0) is 13.8. The average molecular weight is 270 g/mol. The van der Waals surface area contributed by atoms with E-state index in [0.29, 0.717) is 26.2 Å². The number of carboxylic acids is 1. The van der Waals surface area contributed by atoms with Crippen molar-refractivity contribution in [3.63, 3.8) is 0 Å². The number of carboxylic acid groups (broad SMARTS) is 1. The summed E-state index contributed by atoms with van der Waals surface area (Å²) < 4.78 is 5.27. The van der Waals surface area contributed by atoms with Gasteiger partial charge in [-0.05, 0) is 26.2 Å². The van der Waals surface area contributed by atoms with Crippen LogP contribution in [0.4, 0.5) is 0 Å². The molecular formula is C13H22N2O4. The normalized spacial score (nSPS) is 27.0. The third-order valence-corrected chi connectivity index (χ3v) is 4.02. The zero-order valence-corrected chi connectivity index (χ0v) is 11.4. The number of carbonyl (C=O) groups excluding carboxylic acids is 1. The molecule has 2 heterocycles. The number of aliphatic carboxylic acids is 1. The fourth-order valence-corrected chi connectivity index (χ4v) is 2.81. The molecule has 0 aromatic heterocycles. The van der Waals surface area contributed by atoms with E-state index in [0.717, 1.165) is 25.9 Å². The maximum Gasteiger partial charge on any atom is 0.326 e. The second kappa shape index (κ2) is 6.34. The Morgan fingerprint density at radius 1 is 1.21 bits per heavy atom. The van der Waals surface area contributed by atoms with Crippen molar-refractivity contribution < 1.29 is 19.4 Å². The number of morpholine rings is 1. The van der Waals surface area contributed by atoms with Gasteiger partial charge in [-0.2, -0.15) is 0 Å². The maximum atomic E-state index is 12.5. The van der Waals surface area contributed by atoms with Gasteiger partial charge in [-0.25, -0.2) is 4.79 Å². The van der Waals surface area contributed by atoms with Crippen molar-refractivity contribution in [2.45, 2.75) is 38.3 Å². The molecule has 0 aromatic rings. The van der Waals surface area contributed by atoms with Gasteiger partial charge in [-0.15, -0.1) is 0 Å². The van der Waals surface area contributed by atoms with Crippen LogP contribution in [0.1, 0.15) is 26.2 Å². The fourth-order valence-electron chi connectivity index (χ4n) is 2.81. The van der Waals surface area contributed by atoms with Crippen molar-refractivity contribution in [1.29, 1.82) is 0 Å². The summed E-state index contributed by atoms with van der Waals surface area (Å²) >= 11 is 0. The number of amides is 1. The Hall–Kier alpha value is -1.14. The Morgan fingerprint density at radius 2 is 1.89 bits per heavy atom. The Balaban J connectivity index is 2.01. The Kier molecular flexibility index (Phi) is 4.76. The van der Waals surface area contributed by atoms with Crippen LogP contribution in [-0.4, -0.2) is 71.7 Å². The first-order valence-electron chi connectivity index (χ1n) is 6.96. The highest BCUT2D eigenvalue weighted by Gasteiger charge is 2.35. The van der Waals surface area contributed by atoms with Crippen LogP contribution in [0.5, 0.6) is 0 Å². The summed E-state index contributed by atoms with van der Waals surface area (Å²) in [5, 5.41) is 9.22. The number of ether oxygens (including phenoxy) is 1. The van der Waals surface area contributed by atoms with Crippen LogP contribution in [0, 0.1) is 0 Å². The standard InChI is InChI=1S/C13H22N2O4/c1-10(14-6-8-19-9-7-14)12(16)15-5-3-2-4-11(15)13(17)18/h10-11H,2-9H2,1H3,(H,17,18). The van der Waals surface area contributed by atoms with Gasteiger partial charge >= 0.3 is 5.97 Å². The number of carbonyl (C=O) groups is 2. The molecule has 108 valence electrons. The number of hydrogen-bond acceptors (Lipinski definition) is 4. The highest BCUT2D eigenvalue weighted by molar-refractivity contribution is 5.87. The third-order valence-electron chi connectivity index (χ3n) is 4.02. The fraction of sp³-hybridized carbons (Fsp3) is 0.846. The molecule has 2 unspecified atom stereocenters. The quantitative estimate of drug-likeness (QED) is 0.792. The first-order valence-corrected chi connectivity index (χ1v) is 6.96. The van der Waals surface area contributed by atoms with Gasteiger partial charge in [-0.1, -0.05) is 0 Å². The average Bonchev–Trinajstić information content (AvgIpc) is 2.46. The van der Waals surface area contributed by atoms with Crippen molar-refractivity contribution >= 4 is 11.9 Å². The molecule has 1 amide bonds. The van der Waals surface area contributed by atoms with Gasteiger partial charge in [-0.3, -0.25) is 9.69 Å². The predicted molar refractivity (Wildman–Crippen MR) is 68.8 cm³/mol. The van der Waals surface area contributed by atoms with Gasteiger partial charge in [0.15, 0.2) is 0 Å². The van der Waals surface area contributed by atoms with E-state index in [-0.39, 0.29) is 11.9 Å². The van der Waals surface area contributed by atoms with Crippen LogP contribution in [0.25, 0.3) is 0 Å². The number of likely N-dealkylation sites (tertiary alicyclic amines) is 1. The van der Waals surface area contributed by atoms with Crippen LogP contribution in [0.15, 0.2) is 0 Å². The number of nitrogens with zero attached hydrogens (tertiary/aromatic N) is 2. The second-order valence-electron chi connectivity index (χ2n) is 5.21. The van der Waals surface area contributed by atoms with E-state index in [4.69, 9.17) is 4.74 Å². The van der Waals surface area contributed by atoms with Crippen LogP contribution >= 0.6 is 0 Å². The molecule has 6 heteroatoms. The molecule has 0 saturated carbocycles. The Bertz CT molecular complexity index is 342. The summed E-state index contributed by atoms with van der Waals surface area (Å²) in [7, 11) is 0. The highest BCUT2D eigenvalue weighted by Crippen LogP contribution is 2.19. The van der Waals surface area contributed by atoms with E-state index in [1.165, 1.54) is 0 Å². The van der Waals surface area contributed by atoms with E-state index in [9.17, 15) is 14.7 Å². The van der Waals surface area contributed by atoms with Gasteiger partial charge in [0.25, 0.3) is 0 Å². The van der Waals surface area contributed by atoms with E-state index in [1.807, 2.05) is 6.92 Å². The van der Waals surface area contributed by atoms with Crippen molar-refractivity contribution in [2.24, 2.45) is 0 Å². The van der Waals surface area contributed by atoms with E-state index < -0.39 is 12.0 Å². The summed E-state index contributed by atoms with van der Waals surface area (Å²) in [6.07, 6.45) is 2.34. The molecule has 2 rings (SSSR count). The van der Waals surface area contributed by atoms with E-state index in [1.54, 1.807) is 4.90 Å². The van der Waals surface area contributed by atoms with Crippen molar-refractivity contribution in [3.05, 3.63) is 0 Å². The molecule has 2 fully saturated rings. The van der Waals surface area contributed by atoms with Gasteiger partial charge in [0.1, 0.15) is 6.04 Å². The summed E-state index contributed by atoms with van der Waals surface area (Å²) in [5.41, 5.74) is 0. The molecule has 0 spiro atoms. The molecule has 0 radical (unpaired) electrons. The first kappa shape index (κ1) is 14.3. The SMILES string of the molecule is CC(C(=O)N1CCCCC1C(=O)O)N1CCOCC1. The molecule has 6 nitrogen and oxygen atoms in total. The molecule has 0 bridgehead atoms. The lowest BCUT2D eigenvalue weighted by atomic mass is 10.0. The molecule has 19 heavy (non-hydrogen) atoms. The Morgan fingerprint density at radius 3 is 2.53 bits per heavy atom. The zero-order valence-electron chi connectivity index (χ0n) is 11.4. The summed E-state index contributed by atoms with van der Waals surface area (Å²) in [6, 6.07) is -0.909. The molecule has 2 saturated heterocycles. The van der Waals surface area contributed by atoms with Crippen molar-refractivity contribution in [2.75, 3.05) is 32.8 Å². The number of rotatable bonds is 3. The van der Waals surface area contributed by atoms with E-state index >= 15 is 0 Å². The van der Waals surface area contributed by atoms with Crippen LogP contribution in [0.2, 0.25) is 0 Å². The van der Waals surface area contributed by atoms with Gasteiger partial charge < -0.3 is 14.7 Å². The lowest BCUT2D eigenvalue weighted by Gasteiger charge is -2.38. The molecule has 0 aromatic carbocycles. The predicted octanol–water partition coefficient (Wildman–Crippen LogP) is 0.173. The first-order chi connectivity index (χ1) is 9.11. The van der Waals surface area contributed by atoms with Crippen molar-refractivity contribution in [1.82, 2.24) is 9.80 Å². The minimum Gasteiger partial charge on any atom is -0.480 e. The van der Waals surface area contributed by atoms with Gasteiger partial charge in [0.2, 0.25) is 5.91 Å². The molecular weight excluding hydrogens is 248 g/mol. The van der Waals surface area contributed by atoms with Crippen LogP contribution in [0.3, 0.4) is 0 Å². The highest BCUT2D eigenvalue weighted by atomic mass is 16.5. The minimum absolute atomic E-state index is 0.0611. The lowest BCUT2D eigenvalue weighted by molar-refractivity contribution is -0.155. The molecule has 0 aliphatic carbocycles. The van der Waals surface area contributed by atoms with Crippen molar-refractivity contribution in [3.8, 4) is 0 Å². The monoisotopic (exact) mass is 270 g/mol. The Labute approximate surface area is 113 Å².